The molecule has 154 valence electrons. The molecular formula is C20H27NO7. The van der Waals surface area contributed by atoms with Crippen LogP contribution in [0.5, 0.6) is 0 Å². The first-order valence-electron chi connectivity index (χ1n) is 9.57. The van der Waals surface area contributed by atoms with E-state index in [4.69, 9.17) is 14.2 Å². The van der Waals surface area contributed by atoms with Crippen molar-refractivity contribution >= 4 is 17.9 Å². The van der Waals surface area contributed by atoms with E-state index >= 15 is 0 Å². The van der Waals surface area contributed by atoms with Gasteiger partial charge < -0.3 is 19.3 Å². The molecule has 2 fully saturated rings. The molecule has 3 aliphatic heterocycles. The Bertz CT molecular complexity index is 743. The average molecular weight is 393 g/mol. The summed E-state index contributed by atoms with van der Waals surface area (Å²) in [6.45, 7) is 7.83. The topological polar surface area (TPSA) is 102 Å². The second kappa shape index (κ2) is 7.67. The fraction of sp³-hybridized carbons (Fsp3) is 0.650. The summed E-state index contributed by atoms with van der Waals surface area (Å²) in [5, 5.41) is 10.7. The van der Waals surface area contributed by atoms with Gasteiger partial charge in [0, 0.05) is 18.7 Å². The smallest absolute Gasteiger partial charge is 0.343 e. The lowest BCUT2D eigenvalue weighted by molar-refractivity contribution is -0.173. The van der Waals surface area contributed by atoms with Gasteiger partial charge in [-0.1, -0.05) is 12.2 Å². The largest absolute Gasteiger partial charge is 0.459 e. The molecule has 0 amide bonds. The van der Waals surface area contributed by atoms with Gasteiger partial charge in [-0.3, -0.25) is 9.69 Å². The predicted octanol–water partition coefficient (Wildman–Crippen LogP) is 0.734. The van der Waals surface area contributed by atoms with E-state index in [9.17, 15) is 19.5 Å². The maximum atomic E-state index is 12.5. The van der Waals surface area contributed by atoms with E-state index in [0.29, 0.717) is 18.5 Å². The van der Waals surface area contributed by atoms with Gasteiger partial charge in [0.25, 0.3) is 0 Å². The summed E-state index contributed by atoms with van der Waals surface area (Å²) in [5.74, 6) is -2.85. The highest BCUT2D eigenvalue weighted by Gasteiger charge is 2.59. The van der Waals surface area contributed by atoms with E-state index in [1.165, 1.54) is 13.8 Å². The molecule has 0 saturated carbocycles. The van der Waals surface area contributed by atoms with Crippen LogP contribution >= 0.6 is 0 Å². The Morgan fingerprint density at radius 3 is 2.75 bits per heavy atom. The zero-order chi connectivity index (χ0) is 20.6. The third kappa shape index (κ3) is 3.35. The second-order valence-electron chi connectivity index (χ2n) is 7.63. The van der Waals surface area contributed by atoms with Crippen LogP contribution < -0.4 is 0 Å². The van der Waals surface area contributed by atoms with E-state index in [0.717, 1.165) is 12.1 Å². The Hall–Kier alpha value is -2.19. The van der Waals surface area contributed by atoms with Crippen LogP contribution in [0.1, 0.15) is 34.1 Å². The quantitative estimate of drug-likeness (QED) is 0.316. The summed E-state index contributed by atoms with van der Waals surface area (Å²) in [7, 11) is 0. The molecule has 0 unspecified atom stereocenters. The van der Waals surface area contributed by atoms with E-state index in [1.807, 2.05) is 6.08 Å². The van der Waals surface area contributed by atoms with Crippen molar-refractivity contribution in [1.82, 2.24) is 4.90 Å². The maximum absolute atomic E-state index is 12.5. The van der Waals surface area contributed by atoms with Crippen molar-refractivity contribution in [3.8, 4) is 0 Å². The number of cyclic esters (lactones) is 1. The summed E-state index contributed by atoms with van der Waals surface area (Å²) in [4.78, 5) is 38.5. The van der Waals surface area contributed by atoms with Crippen LogP contribution in [0.3, 0.4) is 0 Å². The van der Waals surface area contributed by atoms with E-state index in [1.54, 1.807) is 19.9 Å². The third-order valence-electron chi connectivity index (χ3n) is 6.05. The van der Waals surface area contributed by atoms with Crippen LogP contribution in [0.15, 0.2) is 23.3 Å². The number of hydrogen-bond donors (Lipinski definition) is 1. The molecule has 28 heavy (non-hydrogen) atoms. The summed E-state index contributed by atoms with van der Waals surface area (Å²) in [6.07, 6.45) is 3.08. The molecule has 8 heteroatoms. The molecule has 0 radical (unpaired) electrons. The molecule has 5 atom stereocenters. The van der Waals surface area contributed by atoms with Gasteiger partial charge in [-0.05, 0) is 39.7 Å². The maximum Gasteiger partial charge on any atom is 0.343 e. The highest BCUT2D eigenvalue weighted by atomic mass is 16.6. The van der Waals surface area contributed by atoms with Gasteiger partial charge in [-0.2, -0.15) is 0 Å². The van der Waals surface area contributed by atoms with Crippen molar-refractivity contribution in [2.45, 2.75) is 58.0 Å². The van der Waals surface area contributed by atoms with Gasteiger partial charge in [-0.25, -0.2) is 9.59 Å². The number of carbonyl (C=O) groups is 3. The van der Waals surface area contributed by atoms with Crippen LogP contribution in [-0.2, 0) is 28.6 Å². The number of aliphatic hydroxyl groups is 1. The molecule has 0 aliphatic carbocycles. The number of ether oxygens (including phenoxy) is 3. The lowest BCUT2D eigenvalue weighted by Gasteiger charge is -2.27. The lowest BCUT2D eigenvalue weighted by atomic mass is 9.87. The zero-order valence-corrected chi connectivity index (χ0v) is 16.6. The minimum Gasteiger partial charge on any atom is -0.459 e. The molecule has 0 aromatic rings. The van der Waals surface area contributed by atoms with Crippen LogP contribution in [0.2, 0.25) is 0 Å². The minimum absolute atomic E-state index is 0.0351. The fourth-order valence-electron chi connectivity index (χ4n) is 3.98. The van der Waals surface area contributed by atoms with Crippen molar-refractivity contribution in [3.63, 3.8) is 0 Å². The Morgan fingerprint density at radius 1 is 1.43 bits per heavy atom. The summed E-state index contributed by atoms with van der Waals surface area (Å²) < 4.78 is 16.0. The van der Waals surface area contributed by atoms with Crippen molar-refractivity contribution in [3.05, 3.63) is 23.3 Å². The molecule has 0 aromatic heterocycles. The molecule has 3 rings (SSSR count). The van der Waals surface area contributed by atoms with E-state index < -0.39 is 29.6 Å². The van der Waals surface area contributed by atoms with Crippen molar-refractivity contribution in [2.75, 3.05) is 19.7 Å². The van der Waals surface area contributed by atoms with Crippen LogP contribution in [0, 0.1) is 5.92 Å². The first kappa shape index (κ1) is 20.5. The predicted molar refractivity (Wildman–Crippen MR) is 98.0 cm³/mol. The molecule has 8 nitrogen and oxygen atoms in total. The van der Waals surface area contributed by atoms with Gasteiger partial charge in [0.05, 0.1) is 12.0 Å². The molecule has 2 saturated heterocycles. The molecule has 1 N–H and O–H groups in total. The SMILES string of the molecule is C/C=C(/C)C(=O)O[C@@H]1CCN2CC=C(COC(=O)[C@]3(O)[C@H](C)OC(=O)[C@H]3C)[C@H]12. The number of nitrogens with zero attached hydrogens (tertiary/aromatic N) is 1. The van der Waals surface area contributed by atoms with Crippen molar-refractivity contribution < 1.29 is 33.7 Å². The zero-order valence-electron chi connectivity index (χ0n) is 16.6. The Labute approximate surface area is 164 Å². The summed E-state index contributed by atoms with van der Waals surface area (Å²) >= 11 is 0. The van der Waals surface area contributed by atoms with E-state index in [-0.39, 0.29) is 24.7 Å². The Morgan fingerprint density at radius 2 is 2.14 bits per heavy atom. The van der Waals surface area contributed by atoms with Crippen LogP contribution in [-0.4, -0.2) is 71.5 Å². The number of allylic oxidation sites excluding steroid dienone is 1. The summed E-state index contributed by atoms with van der Waals surface area (Å²) in [5.41, 5.74) is -0.624. The first-order valence-corrected chi connectivity index (χ1v) is 9.57. The van der Waals surface area contributed by atoms with Gasteiger partial charge in [0.2, 0.25) is 5.60 Å². The van der Waals surface area contributed by atoms with Crippen LogP contribution in [0.25, 0.3) is 0 Å². The number of hydrogen-bond acceptors (Lipinski definition) is 8. The first-order chi connectivity index (χ1) is 13.2. The Balaban J connectivity index is 1.64. The third-order valence-corrected chi connectivity index (χ3v) is 6.05. The van der Waals surface area contributed by atoms with E-state index in [2.05, 4.69) is 4.90 Å². The van der Waals surface area contributed by atoms with Crippen LogP contribution in [0.4, 0.5) is 0 Å². The van der Waals surface area contributed by atoms with Gasteiger partial charge in [0.15, 0.2) is 0 Å². The highest BCUT2D eigenvalue weighted by molar-refractivity contribution is 5.91. The molecular weight excluding hydrogens is 366 g/mol. The molecule has 0 bridgehead atoms. The fourth-order valence-corrected chi connectivity index (χ4v) is 3.98. The molecule has 3 aliphatic rings. The monoisotopic (exact) mass is 393 g/mol. The van der Waals surface area contributed by atoms with Gasteiger partial charge >= 0.3 is 17.9 Å². The number of esters is 3. The second-order valence-corrected chi connectivity index (χ2v) is 7.63. The van der Waals surface area contributed by atoms with Crippen molar-refractivity contribution in [1.29, 1.82) is 0 Å². The molecule has 0 spiro atoms. The average Bonchev–Trinajstić information content (AvgIpc) is 3.31. The van der Waals surface area contributed by atoms with Gasteiger partial charge in [-0.15, -0.1) is 0 Å². The number of fused-ring (bicyclic) bond motifs is 1. The standard InChI is InChI=1S/C20H27NO7/c1-5-11(2)17(22)28-15-7-9-21-8-6-14(16(15)21)10-26-19(24)20(25)12(3)18(23)27-13(20)4/h5-6,12-13,15-16,25H,7-10H2,1-4H3/b11-5-/t12-,13+,15-,16-,20-/m1/s1. The highest BCUT2D eigenvalue weighted by Crippen LogP contribution is 2.35. The molecule has 3 heterocycles. The lowest BCUT2D eigenvalue weighted by Crippen LogP contribution is -2.50. The van der Waals surface area contributed by atoms with Gasteiger partial charge in [0.1, 0.15) is 18.8 Å². The van der Waals surface area contributed by atoms with Crippen molar-refractivity contribution in [2.24, 2.45) is 5.92 Å². The minimum atomic E-state index is -2.00. The molecule has 0 aromatic carbocycles. The normalized spacial score (nSPS) is 35.4. The number of rotatable bonds is 5. The summed E-state index contributed by atoms with van der Waals surface area (Å²) in [6, 6.07) is -0.146. The number of carbonyl (C=O) groups excluding carboxylic acids is 3. The Kier molecular flexibility index (Phi) is 5.63.